The molecule has 0 radical (unpaired) electrons. The van der Waals surface area contributed by atoms with Gasteiger partial charge in [0.2, 0.25) is 0 Å². The number of hydrogen-bond donors (Lipinski definition) is 4. The summed E-state index contributed by atoms with van der Waals surface area (Å²) in [6.07, 6.45) is 8.30. The molecule has 2 aromatic carbocycles. The van der Waals surface area contributed by atoms with Gasteiger partial charge >= 0.3 is 11.9 Å². The first-order chi connectivity index (χ1) is 16.3. The van der Waals surface area contributed by atoms with Crippen molar-refractivity contribution in [3.8, 4) is 5.75 Å². The Morgan fingerprint density at radius 2 is 1.79 bits per heavy atom. The van der Waals surface area contributed by atoms with Crippen molar-refractivity contribution in [2.24, 2.45) is 10.7 Å². The summed E-state index contributed by atoms with van der Waals surface area (Å²) in [6, 6.07) is 14.3. The molecule has 0 aromatic heterocycles. The lowest BCUT2D eigenvalue weighted by atomic mass is 9.96. The Balaban J connectivity index is 0.000000440. The van der Waals surface area contributed by atoms with Crippen LogP contribution in [0.5, 0.6) is 5.75 Å². The lowest BCUT2D eigenvalue weighted by molar-refractivity contribution is -0.134. The van der Waals surface area contributed by atoms with Crippen LogP contribution in [0.4, 0.5) is 5.69 Å². The van der Waals surface area contributed by atoms with Crippen molar-refractivity contribution in [1.29, 1.82) is 0 Å². The van der Waals surface area contributed by atoms with Gasteiger partial charge in [0, 0.05) is 33.9 Å². The second-order valence-corrected chi connectivity index (χ2v) is 8.56. The topological polar surface area (TPSA) is 134 Å². The van der Waals surface area contributed by atoms with Crippen LogP contribution in [0.1, 0.15) is 56.2 Å². The van der Waals surface area contributed by atoms with Crippen LogP contribution in [-0.4, -0.2) is 34.7 Å². The maximum Gasteiger partial charge on any atom is 0.328 e. The number of anilines is 1. The first-order valence-electron chi connectivity index (χ1n) is 11.0. The van der Waals surface area contributed by atoms with Crippen LogP contribution < -0.4 is 15.8 Å². The molecule has 8 nitrogen and oxygen atoms in total. The number of carbonyl (C=O) groups is 2. The highest BCUT2D eigenvalue weighted by Crippen LogP contribution is 2.36. The van der Waals surface area contributed by atoms with Crippen LogP contribution in [0.15, 0.2) is 64.1 Å². The Bertz CT molecular complexity index is 992. The van der Waals surface area contributed by atoms with Gasteiger partial charge in [-0.05, 0) is 36.6 Å². The van der Waals surface area contributed by atoms with Crippen molar-refractivity contribution in [1.82, 2.24) is 0 Å². The van der Waals surface area contributed by atoms with Gasteiger partial charge in [0.05, 0.1) is 6.34 Å². The van der Waals surface area contributed by atoms with E-state index in [0.717, 1.165) is 39.9 Å². The molecule has 5 N–H and O–H groups in total. The van der Waals surface area contributed by atoms with Gasteiger partial charge < -0.3 is 20.3 Å². The van der Waals surface area contributed by atoms with Crippen LogP contribution >= 0.6 is 15.9 Å². The number of aliphatic carboxylic acids is 2. The average Bonchev–Trinajstić information content (AvgIpc) is 2.81. The Kier molecular flexibility index (Phi) is 11.3. The van der Waals surface area contributed by atoms with Gasteiger partial charge in [0.25, 0.3) is 0 Å². The molecule has 2 atom stereocenters. The minimum absolute atomic E-state index is 0.00360. The lowest BCUT2D eigenvalue weighted by Gasteiger charge is -2.23. The van der Waals surface area contributed by atoms with Crippen LogP contribution in [0.25, 0.3) is 0 Å². The van der Waals surface area contributed by atoms with Gasteiger partial charge in [0.15, 0.2) is 0 Å². The monoisotopic (exact) mass is 531 g/mol. The smallest absolute Gasteiger partial charge is 0.328 e. The highest BCUT2D eigenvalue weighted by Gasteiger charge is 2.20. The number of benzene rings is 2. The minimum atomic E-state index is -1.26. The second kappa shape index (κ2) is 14.2. The van der Waals surface area contributed by atoms with E-state index in [9.17, 15) is 9.59 Å². The fraction of sp³-hybridized carbons (Fsp3) is 0.320. The van der Waals surface area contributed by atoms with Crippen molar-refractivity contribution in [2.75, 3.05) is 5.32 Å². The summed E-state index contributed by atoms with van der Waals surface area (Å²) in [6.45, 7) is 2.21. The number of nitrogens with two attached hydrogens (primary N) is 1. The summed E-state index contributed by atoms with van der Waals surface area (Å²) in [5.74, 6) is -1.72. The number of ether oxygens (including phenoxy) is 1. The molecular weight excluding hydrogens is 502 g/mol. The zero-order valence-electron chi connectivity index (χ0n) is 19.0. The number of fused-ring (bicyclic) bond motifs is 1. The number of carboxylic acid groups (broad SMARTS) is 2. The molecule has 1 aliphatic rings. The molecule has 3 rings (SSSR count). The number of aliphatic imine (C=N–C) groups is 1. The highest BCUT2D eigenvalue weighted by atomic mass is 79.9. The van der Waals surface area contributed by atoms with Crippen molar-refractivity contribution in [3.05, 3.63) is 70.2 Å². The highest BCUT2D eigenvalue weighted by molar-refractivity contribution is 9.10. The molecule has 0 bridgehead atoms. The Hall–Kier alpha value is -3.17. The number of hydrogen-bond acceptors (Lipinski definition) is 6. The molecule has 0 spiro atoms. The quantitative estimate of drug-likeness (QED) is 0.184. The molecule has 0 aliphatic carbocycles. The Morgan fingerprint density at radius 1 is 1.12 bits per heavy atom. The predicted molar refractivity (Wildman–Crippen MR) is 136 cm³/mol. The third-order valence-corrected chi connectivity index (χ3v) is 5.48. The molecule has 1 heterocycles. The number of unbranched alkanes of at least 4 members (excludes halogenated alkanes) is 3. The van der Waals surface area contributed by atoms with Gasteiger partial charge in [-0.1, -0.05) is 60.3 Å². The lowest BCUT2D eigenvalue weighted by Crippen LogP contribution is -2.27. The largest absolute Gasteiger partial charge is 0.478 e. The molecule has 2 unspecified atom stereocenters. The van der Waals surface area contributed by atoms with E-state index in [1.807, 2.05) is 24.3 Å². The third-order valence-electron chi connectivity index (χ3n) is 4.95. The maximum absolute atomic E-state index is 9.55. The molecule has 182 valence electrons. The summed E-state index contributed by atoms with van der Waals surface area (Å²) >= 11 is 3.48. The Morgan fingerprint density at radius 3 is 2.41 bits per heavy atom. The van der Waals surface area contributed by atoms with Gasteiger partial charge in [-0.3, -0.25) is 10.7 Å². The van der Waals surface area contributed by atoms with E-state index < -0.39 is 11.9 Å². The van der Waals surface area contributed by atoms with Crippen molar-refractivity contribution in [3.63, 3.8) is 0 Å². The molecule has 0 amide bonds. The number of nitrogens with one attached hydrogen (secondary N) is 1. The first-order valence-corrected chi connectivity index (χ1v) is 11.8. The number of carboxylic acids is 2. The molecular formula is C25H30BrN3O5. The summed E-state index contributed by atoms with van der Waals surface area (Å²) in [4.78, 5) is 23.7. The van der Waals surface area contributed by atoms with Crippen molar-refractivity contribution < 1.29 is 24.5 Å². The summed E-state index contributed by atoms with van der Waals surface area (Å²) in [7, 11) is 0. The van der Waals surface area contributed by atoms with E-state index in [2.05, 4.69) is 51.4 Å². The van der Waals surface area contributed by atoms with E-state index in [1.54, 1.807) is 6.34 Å². The maximum atomic E-state index is 9.55. The van der Waals surface area contributed by atoms with Crippen molar-refractivity contribution in [2.45, 2.75) is 51.3 Å². The van der Waals surface area contributed by atoms with Gasteiger partial charge in [0.1, 0.15) is 18.0 Å². The normalized spacial score (nSPS) is 15.0. The first kappa shape index (κ1) is 27.1. The average molecular weight is 532 g/mol. The van der Waals surface area contributed by atoms with Crippen LogP contribution in [0, 0.1) is 0 Å². The van der Waals surface area contributed by atoms with Gasteiger partial charge in [-0.2, -0.15) is 0 Å². The van der Waals surface area contributed by atoms with Crippen LogP contribution in [-0.2, 0) is 9.59 Å². The fourth-order valence-electron chi connectivity index (χ4n) is 3.29. The number of nitrogens with zero attached hydrogens (tertiary/aromatic N) is 1. The summed E-state index contributed by atoms with van der Waals surface area (Å²) in [5.41, 5.74) is 9.44. The van der Waals surface area contributed by atoms with E-state index in [-0.39, 0.29) is 12.3 Å². The molecule has 0 saturated heterocycles. The Labute approximate surface area is 207 Å². The third kappa shape index (κ3) is 9.36. The van der Waals surface area contributed by atoms with E-state index in [0.29, 0.717) is 12.2 Å². The summed E-state index contributed by atoms with van der Waals surface area (Å²) in [5, 5.41) is 18.8. The second-order valence-electron chi connectivity index (χ2n) is 7.64. The molecule has 0 saturated carbocycles. The van der Waals surface area contributed by atoms with E-state index in [1.165, 1.54) is 19.3 Å². The SMILES string of the molecule is CCCCCCC(N)Oc1ccc2c(c1)NC=NC2c1ccc(Br)cc1.O=C(O)/C=C/C(=O)O. The molecule has 9 heteroatoms. The van der Waals surface area contributed by atoms with E-state index in [4.69, 9.17) is 20.7 Å². The molecule has 34 heavy (non-hydrogen) atoms. The van der Waals surface area contributed by atoms with E-state index >= 15 is 0 Å². The minimum Gasteiger partial charge on any atom is -0.478 e. The zero-order chi connectivity index (χ0) is 24.9. The zero-order valence-corrected chi connectivity index (χ0v) is 20.6. The molecule has 2 aromatic rings. The molecule has 1 aliphatic heterocycles. The van der Waals surface area contributed by atoms with Gasteiger partial charge in [-0.15, -0.1) is 0 Å². The number of rotatable bonds is 10. The fourth-order valence-corrected chi connectivity index (χ4v) is 3.56. The molecule has 0 fully saturated rings. The predicted octanol–water partition coefficient (Wildman–Crippen LogP) is 5.34. The number of halogens is 1. The van der Waals surface area contributed by atoms with Gasteiger partial charge in [-0.25, -0.2) is 9.59 Å². The standard InChI is InChI=1S/C21H26BrN3O.C4H4O4/c1-2-3-4-5-6-20(23)26-17-11-12-18-19(13-17)24-14-25-21(18)15-7-9-16(22)10-8-15;5-3(6)1-2-4(7)8/h7-14,20-21H,2-6,23H2,1H3,(H,24,25);1-2H,(H,5,6)(H,7,8)/b;2-1+. The summed E-state index contributed by atoms with van der Waals surface area (Å²) < 4.78 is 6.97. The van der Waals surface area contributed by atoms with Crippen molar-refractivity contribution >= 4 is 39.9 Å². The van der Waals surface area contributed by atoms with Crippen LogP contribution in [0.3, 0.4) is 0 Å². The van der Waals surface area contributed by atoms with Crippen LogP contribution in [0.2, 0.25) is 0 Å².